The predicted octanol–water partition coefficient (Wildman–Crippen LogP) is 4.15. The van der Waals surface area contributed by atoms with Crippen molar-refractivity contribution in [2.45, 2.75) is 26.3 Å². The predicted molar refractivity (Wildman–Crippen MR) is 88.7 cm³/mol. The van der Waals surface area contributed by atoms with Gasteiger partial charge in [-0.25, -0.2) is 0 Å². The summed E-state index contributed by atoms with van der Waals surface area (Å²) in [4.78, 5) is 2.28. The summed E-state index contributed by atoms with van der Waals surface area (Å²) in [6.45, 7) is 4.80. The topological polar surface area (TPSA) is 12.5 Å². The quantitative estimate of drug-likeness (QED) is 0.721. The van der Waals surface area contributed by atoms with Crippen LogP contribution in [0.4, 0.5) is 0 Å². The molecule has 2 rings (SSSR count). The molecule has 0 bridgehead atoms. The molecule has 0 radical (unpaired) electrons. The van der Waals surface area contributed by atoms with Crippen molar-refractivity contribution in [3.8, 4) is 5.75 Å². The first-order valence-electron chi connectivity index (χ1n) is 7.72. The van der Waals surface area contributed by atoms with Crippen molar-refractivity contribution in [1.29, 1.82) is 0 Å². The molecule has 0 aromatic heterocycles. The molecular formula is C19H25NO. The van der Waals surface area contributed by atoms with Crippen LogP contribution in [0.5, 0.6) is 5.75 Å². The molecule has 2 aromatic carbocycles. The molecule has 21 heavy (non-hydrogen) atoms. The molecule has 0 aliphatic rings. The van der Waals surface area contributed by atoms with Crippen LogP contribution in [0, 0.1) is 0 Å². The lowest BCUT2D eigenvalue weighted by Crippen LogP contribution is -2.23. The van der Waals surface area contributed by atoms with Crippen LogP contribution in [0.3, 0.4) is 0 Å². The first kappa shape index (κ1) is 15.6. The highest BCUT2D eigenvalue weighted by Crippen LogP contribution is 2.13. The van der Waals surface area contributed by atoms with Crippen molar-refractivity contribution in [2.24, 2.45) is 0 Å². The molecule has 0 spiro atoms. The normalized spacial score (nSPS) is 10.8. The number of hydrogen-bond donors (Lipinski definition) is 0. The van der Waals surface area contributed by atoms with E-state index in [1.807, 2.05) is 0 Å². The molecule has 0 saturated carbocycles. The monoisotopic (exact) mass is 283 g/mol. The summed E-state index contributed by atoms with van der Waals surface area (Å²) in [5.41, 5.74) is 2.72. The fraction of sp³-hybridized carbons (Fsp3) is 0.368. The van der Waals surface area contributed by atoms with Crippen LogP contribution in [0.25, 0.3) is 0 Å². The third kappa shape index (κ3) is 5.60. The highest BCUT2D eigenvalue weighted by Gasteiger charge is 2.01. The second-order valence-electron chi connectivity index (χ2n) is 5.47. The molecule has 0 amide bonds. The zero-order chi connectivity index (χ0) is 14.9. The molecule has 2 aromatic rings. The summed E-state index contributed by atoms with van der Waals surface area (Å²) in [5, 5.41) is 0. The van der Waals surface area contributed by atoms with E-state index in [4.69, 9.17) is 4.74 Å². The molecule has 112 valence electrons. The van der Waals surface area contributed by atoms with Crippen molar-refractivity contribution < 1.29 is 4.74 Å². The minimum Gasteiger partial charge on any atom is -0.492 e. The standard InChI is InChI=1S/C19H25NO/c1-3-7-17-10-12-19(13-11-17)21-15-14-20(2)16-18-8-5-4-6-9-18/h4-6,8-13H,3,7,14-16H2,1-2H3. The van der Waals surface area contributed by atoms with Gasteiger partial charge in [0.25, 0.3) is 0 Å². The molecule has 2 nitrogen and oxygen atoms in total. The third-order valence-electron chi connectivity index (χ3n) is 3.50. The Hall–Kier alpha value is -1.80. The van der Waals surface area contributed by atoms with Crippen molar-refractivity contribution >= 4 is 0 Å². The fourth-order valence-corrected chi connectivity index (χ4v) is 2.33. The maximum absolute atomic E-state index is 5.81. The molecule has 0 atom stereocenters. The largest absolute Gasteiger partial charge is 0.492 e. The molecule has 0 saturated heterocycles. The van der Waals surface area contributed by atoms with Gasteiger partial charge >= 0.3 is 0 Å². The summed E-state index contributed by atoms with van der Waals surface area (Å²) in [7, 11) is 2.13. The van der Waals surface area contributed by atoms with Crippen LogP contribution in [0.2, 0.25) is 0 Å². The van der Waals surface area contributed by atoms with Gasteiger partial charge in [0.15, 0.2) is 0 Å². The summed E-state index contributed by atoms with van der Waals surface area (Å²) in [6, 6.07) is 19.0. The van der Waals surface area contributed by atoms with Gasteiger partial charge in [-0.05, 0) is 36.7 Å². The van der Waals surface area contributed by atoms with Gasteiger partial charge in [0.05, 0.1) is 0 Å². The van der Waals surface area contributed by atoms with Gasteiger partial charge < -0.3 is 4.74 Å². The lowest BCUT2D eigenvalue weighted by molar-refractivity contribution is 0.233. The maximum atomic E-state index is 5.81. The summed E-state index contributed by atoms with van der Waals surface area (Å²) < 4.78 is 5.81. The van der Waals surface area contributed by atoms with Crippen molar-refractivity contribution in [3.63, 3.8) is 0 Å². The lowest BCUT2D eigenvalue weighted by atomic mass is 10.1. The van der Waals surface area contributed by atoms with Gasteiger partial charge in [0.1, 0.15) is 12.4 Å². The van der Waals surface area contributed by atoms with Gasteiger partial charge in [-0.1, -0.05) is 55.8 Å². The van der Waals surface area contributed by atoms with Crippen LogP contribution in [0.1, 0.15) is 24.5 Å². The molecule has 0 unspecified atom stereocenters. The van der Waals surface area contributed by atoms with Crippen LogP contribution in [-0.4, -0.2) is 25.1 Å². The summed E-state index contributed by atoms with van der Waals surface area (Å²) in [6.07, 6.45) is 2.32. The second kappa shape index (κ2) is 8.48. The van der Waals surface area contributed by atoms with Crippen molar-refractivity contribution in [1.82, 2.24) is 4.90 Å². The van der Waals surface area contributed by atoms with E-state index in [0.29, 0.717) is 0 Å². The van der Waals surface area contributed by atoms with Gasteiger partial charge in [-0.3, -0.25) is 4.90 Å². The Morgan fingerprint density at radius 1 is 0.905 bits per heavy atom. The maximum Gasteiger partial charge on any atom is 0.119 e. The highest BCUT2D eigenvalue weighted by atomic mass is 16.5. The summed E-state index contributed by atoms with van der Waals surface area (Å²) >= 11 is 0. The van der Waals surface area contributed by atoms with Crippen molar-refractivity contribution in [3.05, 3.63) is 65.7 Å². The lowest BCUT2D eigenvalue weighted by Gasteiger charge is -2.17. The second-order valence-corrected chi connectivity index (χ2v) is 5.47. The highest BCUT2D eigenvalue weighted by molar-refractivity contribution is 5.27. The molecule has 2 heteroatoms. The minimum atomic E-state index is 0.719. The van der Waals surface area contributed by atoms with E-state index in [0.717, 1.165) is 31.9 Å². The van der Waals surface area contributed by atoms with Gasteiger partial charge in [-0.15, -0.1) is 0 Å². The van der Waals surface area contributed by atoms with Gasteiger partial charge in [0.2, 0.25) is 0 Å². The zero-order valence-electron chi connectivity index (χ0n) is 13.1. The van der Waals surface area contributed by atoms with E-state index in [1.54, 1.807) is 0 Å². The van der Waals surface area contributed by atoms with E-state index in [1.165, 1.54) is 17.5 Å². The number of rotatable bonds is 8. The molecule has 0 fully saturated rings. The molecule has 0 heterocycles. The fourth-order valence-electron chi connectivity index (χ4n) is 2.33. The number of benzene rings is 2. The van der Waals surface area contributed by atoms with Crippen LogP contribution in [0.15, 0.2) is 54.6 Å². The molecule has 0 aliphatic heterocycles. The van der Waals surface area contributed by atoms with E-state index >= 15 is 0 Å². The average Bonchev–Trinajstić information content (AvgIpc) is 2.50. The molecule has 0 N–H and O–H groups in total. The number of likely N-dealkylation sites (N-methyl/N-ethyl adjacent to an activating group) is 1. The Morgan fingerprint density at radius 3 is 2.29 bits per heavy atom. The van der Waals surface area contributed by atoms with E-state index in [2.05, 4.69) is 73.5 Å². The Balaban J connectivity index is 1.71. The smallest absolute Gasteiger partial charge is 0.119 e. The number of aryl methyl sites for hydroxylation is 1. The number of ether oxygens (including phenoxy) is 1. The van der Waals surface area contributed by atoms with E-state index in [-0.39, 0.29) is 0 Å². The third-order valence-corrected chi connectivity index (χ3v) is 3.50. The molecular weight excluding hydrogens is 258 g/mol. The van der Waals surface area contributed by atoms with Gasteiger partial charge in [-0.2, -0.15) is 0 Å². The minimum absolute atomic E-state index is 0.719. The zero-order valence-corrected chi connectivity index (χ0v) is 13.1. The van der Waals surface area contributed by atoms with Crippen molar-refractivity contribution in [2.75, 3.05) is 20.2 Å². The van der Waals surface area contributed by atoms with Gasteiger partial charge in [0, 0.05) is 13.1 Å². The summed E-state index contributed by atoms with van der Waals surface area (Å²) in [5.74, 6) is 0.961. The number of hydrogen-bond acceptors (Lipinski definition) is 2. The Bertz CT molecular complexity index is 507. The van der Waals surface area contributed by atoms with E-state index in [9.17, 15) is 0 Å². The number of nitrogens with zero attached hydrogens (tertiary/aromatic N) is 1. The average molecular weight is 283 g/mol. The Kier molecular flexibility index (Phi) is 6.29. The van der Waals surface area contributed by atoms with Crippen LogP contribution >= 0.6 is 0 Å². The Labute approximate surface area is 128 Å². The first-order valence-corrected chi connectivity index (χ1v) is 7.72. The van der Waals surface area contributed by atoms with E-state index < -0.39 is 0 Å². The SMILES string of the molecule is CCCc1ccc(OCCN(C)Cc2ccccc2)cc1. The Morgan fingerprint density at radius 2 is 1.62 bits per heavy atom. The molecule has 0 aliphatic carbocycles. The van der Waals surface area contributed by atoms with Crippen LogP contribution < -0.4 is 4.74 Å². The first-order chi connectivity index (χ1) is 10.3. The van der Waals surface area contributed by atoms with Crippen LogP contribution in [-0.2, 0) is 13.0 Å².